The predicted octanol–water partition coefficient (Wildman–Crippen LogP) is -0.299. The van der Waals surface area contributed by atoms with Gasteiger partial charge in [0.1, 0.15) is 0 Å². The maximum absolute atomic E-state index is 10.4. The molecule has 0 aliphatic carbocycles. The number of nitrogens with one attached hydrogen (secondary N) is 1. The first-order valence-electron chi connectivity index (χ1n) is 4.95. The van der Waals surface area contributed by atoms with E-state index >= 15 is 0 Å². The van der Waals surface area contributed by atoms with Crippen molar-refractivity contribution in [2.45, 2.75) is 12.7 Å². The third kappa shape index (κ3) is 5.82. The van der Waals surface area contributed by atoms with E-state index in [1.165, 1.54) is 0 Å². The number of rotatable bonds is 8. The minimum atomic E-state index is -0.626. The van der Waals surface area contributed by atoms with Crippen LogP contribution in [0.4, 0.5) is 0 Å². The molecule has 90 valence electrons. The number of nitrogens with two attached hydrogens (primary N) is 1. The number of aliphatic hydroxyl groups excluding tert-OH is 1. The Morgan fingerprint density at radius 2 is 2.50 bits per heavy atom. The lowest BCUT2D eigenvalue weighted by Crippen LogP contribution is -2.36. The Kier molecular flexibility index (Phi) is 6.02. The summed E-state index contributed by atoms with van der Waals surface area (Å²) < 4.78 is 5.30. The Morgan fingerprint density at radius 3 is 3.12 bits per heavy atom. The van der Waals surface area contributed by atoms with Crippen LogP contribution in [0.5, 0.6) is 0 Å². The van der Waals surface area contributed by atoms with Gasteiger partial charge in [0, 0.05) is 11.4 Å². The lowest BCUT2D eigenvalue weighted by atomic mass is 10.3. The Labute approximate surface area is 98.2 Å². The van der Waals surface area contributed by atoms with Gasteiger partial charge in [0.05, 0.1) is 25.9 Å². The van der Waals surface area contributed by atoms with Gasteiger partial charge < -0.3 is 20.9 Å². The van der Waals surface area contributed by atoms with Gasteiger partial charge in [-0.05, 0) is 11.4 Å². The summed E-state index contributed by atoms with van der Waals surface area (Å²) in [6.45, 7) is 1.11. The number of ether oxygens (including phenoxy) is 1. The Morgan fingerprint density at radius 1 is 1.69 bits per heavy atom. The van der Waals surface area contributed by atoms with Crippen molar-refractivity contribution < 1.29 is 14.6 Å². The van der Waals surface area contributed by atoms with Gasteiger partial charge >= 0.3 is 0 Å². The van der Waals surface area contributed by atoms with Gasteiger partial charge in [-0.25, -0.2) is 0 Å². The van der Waals surface area contributed by atoms with Gasteiger partial charge in [0.2, 0.25) is 5.91 Å². The zero-order valence-electron chi connectivity index (χ0n) is 8.89. The average Bonchev–Trinajstić information content (AvgIpc) is 2.70. The molecule has 0 radical (unpaired) electrons. The van der Waals surface area contributed by atoms with Crippen LogP contribution in [-0.4, -0.2) is 36.8 Å². The maximum Gasteiger partial charge on any atom is 0.231 e. The van der Waals surface area contributed by atoms with Gasteiger partial charge in [-0.1, -0.05) is 6.07 Å². The molecular weight excluding hydrogens is 228 g/mol. The smallest absolute Gasteiger partial charge is 0.231 e. The summed E-state index contributed by atoms with van der Waals surface area (Å²) in [7, 11) is 0. The van der Waals surface area contributed by atoms with Crippen molar-refractivity contribution in [1.82, 2.24) is 5.32 Å². The number of hydrogen-bond donors (Lipinski definition) is 3. The molecule has 1 rings (SSSR count). The van der Waals surface area contributed by atoms with Crippen molar-refractivity contribution in [3.05, 3.63) is 22.4 Å². The van der Waals surface area contributed by atoms with E-state index < -0.39 is 12.0 Å². The summed E-state index contributed by atoms with van der Waals surface area (Å²) in [5.41, 5.74) is 4.93. The molecule has 0 bridgehead atoms. The average molecular weight is 244 g/mol. The minimum Gasteiger partial charge on any atom is -0.389 e. The van der Waals surface area contributed by atoms with E-state index in [-0.39, 0.29) is 13.2 Å². The topological polar surface area (TPSA) is 84.6 Å². The third-order valence-electron chi connectivity index (χ3n) is 1.81. The molecule has 1 aromatic heterocycles. The Hall–Kier alpha value is -0.950. The molecule has 5 nitrogen and oxygen atoms in total. The van der Waals surface area contributed by atoms with Crippen LogP contribution in [0.2, 0.25) is 0 Å². The first kappa shape index (κ1) is 13.1. The minimum absolute atomic E-state index is 0.0714. The highest BCUT2D eigenvalue weighted by Gasteiger charge is 2.04. The van der Waals surface area contributed by atoms with Crippen molar-refractivity contribution >= 4 is 17.2 Å². The number of thiophene rings is 1. The fraction of sp³-hybridized carbons (Fsp3) is 0.500. The summed E-state index contributed by atoms with van der Waals surface area (Å²) in [5, 5.41) is 14.2. The van der Waals surface area contributed by atoms with Gasteiger partial charge in [0.25, 0.3) is 0 Å². The van der Waals surface area contributed by atoms with Gasteiger partial charge in [-0.15, -0.1) is 11.3 Å². The molecular formula is C10H16N2O3S. The van der Waals surface area contributed by atoms with Crippen LogP contribution < -0.4 is 11.1 Å². The quantitative estimate of drug-likeness (QED) is 0.586. The van der Waals surface area contributed by atoms with Crippen LogP contribution >= 0.6 is 11.3 Å². The molecule has 1 amide bonds. The van der Waals surface area contributed by atoms with Crippen molar-refractivity contribution in [2.75, 3.05) is 19.7 Å². The van der Waals surface area contributed by atoms with E-state index in [0.29, 0.717) is 13.2 Å². The van der Waals surface area contributed by atoms with Crippen molar-refractivity contribution in [3.63, 3.8) is 0 Å². The van der Waals surface area contributed by atoms with Gasteiger partial charge in [0.15, 0.2) is 0 Å². The molecule has 16 heavy (non-hydrogen) atoms. The molecule has 1 atom stereocenters. The van der Waals surface area contributed by atoms with Crippen molar-refractivity contribution in [3.8, 4) is 0 Å². The highest BCUT2D eigenvalue weighted by atomic mass is 32.1. The molecule has 1 aromatic rings. The largest absolute Gasteiger partial charge is 0.389 e. The molecule has 4 N–H and O–H groups in total. The molecule has 0 saturated heterocycles. The summed E-state index contributed by atoms with van der Waals surface area (Å²) in [5.74, 6) is -0.438. The highest BCUT2D eigenvalue weighted by molar-refractivity contribution is 7.09. The number of amides is 1. The van der Waals surface area contributed by atoms with Gasteiger partial charge in [-0.2, -0.15) is 0 Å². The van der Waals surface area contributed by atoms with Crippen molar-refractivity contribution in [1.29, 1.82) is 0 Å². The summed E-state index contributed by atoms with van der Waals surface area (Å²) in [4.78, 5) is 11.5. The zero-order valence-corrected chi connectivity index (χ0v) is 9.70. The Bertz CT molecular complexity index is 303. The van der Waals surface area contributed by atoms with Crippen molar-refractivity contribution in [2.24, 2.45) is 5.73 Å². The van der Waals surface area contributed by atoms with E-state index in [2.05, 4.69) is 5.32 Å². The molecule has 0 saturated carbocycles. The summed E-state index contributed by atoms with van der Waals surface area (Å²) >= 11 is 1.61. The fourth-order valence-electron chi connectivity index (χ4n) is 1.11. The standard InChI is InChI=1S/C10H16N2O3S/c11-10(14)5-12-4-8(13)6-15-7-9-2-1-3-16-9/h1-3,8,12-13H,4-7H2,(H2,11,14). The SMILES string of the molecule is NC(=O)CNCC(O)COCc1cccs1. The normalized spacial score (nSPS) is 12.6. The molecule has 0 spiro atoms. The maximum atomic E-state index is 10.4. The molecule has 1 unspecified atom stereocenters. The zero-order chi connectivity index (χ0) is 11.8. The monoisotopic (exact) mass is 244 g/mol. The molecule has 0 aromatic carbocycles. The van der Waals surface area contributed by atoms with E-state index in [4.69, 9.17) is 10.5 Å². The lowest BCUT2D eigenvalue weighted by Gasteiger charge is -2.10. The Balaban J connectivity index is 2.02. The molecule has 0 fully saturated rings. The molecule has 0 aliphatic rings. The second-order valence-electron chi connectivity index (χ2n) is 3.35. The molecule has 0 aliphatic heterocycles. The first-order valence-corrected chi connectivity index (χ1v) is 5.83. The summed E-state index contributed by atoms with van der Waals surface area (Å²) in [6.07, 6.45) is -0.626. The number of hydrogen-bond acceptors (Lipinski definition) is 5. The highest BCUT2D eigenvalue weighted by Crippen LogP contribution is 2.09. The summed E-state index contributed by atoms with van der Waals surface area (Å²) in [6, 6.07) is 3.93. The van der Waals surface area contributed by atoms with E-state index in [9.17, 15) is 9.90 Å². The number of aliphatic hydroxyl groups is 1. The van der Waals surface area contributed by atoms with Crippen LogP contribution in [0.15, 0.2) is 17.5 Å². The number of carbonyl (C=O) groups is 1. The van der Waals surface area contributed by atoms with E-state index in [1.54, 1.807) is 11.3 Å². The van der Waals surface area contributed by atoms with Crippen LogP contribution in [0.1, 0.15) is 4.88 Å². The van der Waals surface area contributed by atoms with E-state index in [1.807, 2.05) is 17.5 Å². The number of primary amides is 1. The first-order chi connectivity index (χ1) is 7.68. The lowest BCUT2D eigenvalue weighted by molar-refractivity contribution is -0.117. The van der Waals surface area contributed by atoms with Crippen LogP contribution in [-0.2, 0) is 16.1 Å². The van der Waals surface area contributed by atoms with Gasteiger partial charge in [-0.3, -0.25) is 4.79 Å². The molecule has 6 heteroatoms. The third-order valence-corrected chi connectivity index (χ3v) is 2.66. The van der Waals surface area contributed by atoms with E-state index in [0.717, 1.165) is 4.88 Å². The number of carbonyl (C=O) groups excluding carboxylic acids is 1. The van der Waals surface area contributed by atoms with Crippen LogP contribution in [0, 0.1) is 0 Å². The predicted molar refractivity (Wildman–Crippen MR) is 62.0 cm³/mol. The van der Waals surface area contributed by atoms with Crippen LogP contribution in [0.3, 0.4) is 0 Å². The molecule has 1 heterocycles. The fourth-order valence-corrected chi connectivity index (χ4v) is 1.75. The second kappa shape index (κ2) is 7.34. The van der Waals surface area contributed by atoms with Crippen LogP contribution in [0.25, 0.3) is 0 Å². The second-order valence-corrected chi connectivity index (χ2v) is 4.38.